The van der Waals surface area contributed by atoms with Gasteiger partial charge >= 0.3 is 5.97 Å². The van der Waals surface area contributed by atoms with Crippen LogP contribution >= 0.6 is 0 Å². The first-order chi connectivity index (χ1) is 8.95. The maximum atomic E-state index is 11.8. The van der Waals surface area contributed by atoms with E-state index in [1.165, 1.54) is 0 Å². The van der Waals surface area contributed by atoms with Gasteiger partial charge in [-0.25, -0.2) is 4.79 Å². The molecular formula is C13H18N2O4. The van der Waals surface area contributed by atoms with E-state index in [1.807, 2.05) is 19.0 Å². The Morgan fingerprint density at radius 3 is 2.26 bits per heavy atom. The molecule has 1 aromatic carbocycles. The first-order valence-electron chi connectivity index (χ1n) is 5.87. The lowest BCUT2D eigenvalue weighted by molar-refractivity contribution is -0.139. The molecule has 0 heterocycles. The largest absolute Gasteiger partial charge is 0.480 e. The fourth-order valence-electron chi connectivity index (χ4n) is 1.54. The van der Waals surface area contributed by atoms with Crippen LogP contribution in [0, 0.1) is 0 Å². The van der Waals surface area contributed by atoms with E-state index in [0.717, 1.165) is 5.69 Å². The van der Waals surface area contributed by atoms with Gasteiger partial charge in [0.05, 0.1) is 0 Å². The van der Waals surface area contributed by atoms with Crippen molar-refractivity contribution in [3.8, 4) is 0 Å². The molecule has 0 fully saturated rings. The van der Waals surface area contributed by atoms with E-state index in [9.17, 15) is 9.59 Å². The van der Waals surface area contributed by atoms with Crippen molar-refractivity contribution < 1.29 is 19.8 Å². The molecular weight excluding hydrogens is 248 g/mol. The van der Waals surface area contributed by atoms with Crippen LogP contribution in [0.3, 0.4) is 0 Å². The van der Waals surface area contributed by atoms with Crippen LogP contribution in [0.2, 0.25) is 0 Å². The summed E-state index contributed by atoms with van der Waals surface area (Å²) < 4.78 is 0. The van der Waals surface area contributed by atoms with Crippen molar-refractivity contribution in [2.75, 3.05) is 25.6 Å². The highest BCUT2D eigenvalue weighted by Crippen LogP contribution is 2.12. The first kappa shape index (κ1) is 15.0. The molecule has 1 amide bonds. The quantitative estimate of drug-likeness (QED) is 0.690. The maximum absolute atomic E-state index is 11.8. The zero-order valence-corrected chi connectivity index (χ0v) is 11.0. The van der Waals surface area contributed by atoms with Crippen molar-refractivity contribution >= 4 is 17.6 Å². The van der Waals surface area contributed by atoms with Gasteiger partial charge in [0, 0.05) is 38.4 Å². The number of carboxylic acids is 1. The highest BCUT2D eigenvalue weighted by Gasteiger charge is 2.19. The van der Waals surface area contributed by atoms with Crippen molar-refractivity contribution in [2.45, 2.75) is 12.5 Å². The molecule has 1 atom stereocenters. The summed E-state index contributed by atoms with van der Waals surface area (Å²) in [5.41, 5.74) is 1.33. The van der Waals surface area contributed by atoms with Gasteiger partial charge in [0.25, 0.3) is 5.91 Å². The molecule has 19 heavy (non-hydrogen) atoms. The topological polar surface area (TPSA) is 89.9 Å². The molecule has 1 aromatic rings. The number of rotatable bonds is 6. The standard InChI is InChI=1S/C13H18N2O4/c1-15(2)10-5-3-9(4-6-10)12(17)14-11(7-8-16)13(18)19/h3-6,11,16H,7-8H2,1-2H3,(H,14,17)(H,18,19)/t11-/m1/s1. The lowest BCUT2D eigenvalue weighted by Gasteiger charge is -2.15. The third-order valence-electron chi connectivity index (χ3n) is 2.67. The number of carboxylic acid groups (broad SMARTS) is 1. The van der Waals surface area contributed by atoms with Crippen molar-refractivity contribution in [3.05, 3.63) is 29.8 Å². The zero-order chi connectivity index (χ0) is 14.4. The van der Waals surface area contributed by atoms with Crippen LogP contribution in [0.4, 0.5) is 5.69 Å². The number of anilines is 1. The summed E-state index contributed by atoms with van der Waals surface area (Å²) in [5, 5.41) is 20.0. The number of aliphatic hydroxyl groups is 1. The number of amides is 1. The smallest absolute Gasteiger partial charge is 0.326 e. The van der Waals surface area contributed by atoms with Gasteiger partial charge in [-0.2, -0.15) is 0 Å². The summed E-state index contributed by atoms with van der Waals surface area (Å²) in [5.74, 6) is -1.63. The summed E-state index contributed by atoms with van der Waals surface area (Å²) in [6.45, 7) is -0.295. The second-order valence-corrected chi connectivity index (χ2v) is 4.32. The van der Waals surface area contributed by atoms with Gasteiger partial charge in [0.1, 0.15) is 6.04 Å². The molecule has 0 saturated heterocycles. The predicted octanol–water partition coefficient (Wildman–Crippen LogP) is 0.318. The van der Waals surface area contributed by atoms with E-state index in [-0.39, 0.29) is 13.0 Å². The van der Waals surface area contributed by atoms with Gasteiger partial charge in [-0.3, -0.25) is 4.79 Å². The average molecular weight is 266 g/mol. The minimum absolute atomic E-state index is 0.0170. The van der Waals surface area contributed by atoms with Gasteiger partial charge in [-0.1, -0.05) is 0 Å². The highest BCUT2D eigenvalue weighted by molar-refractivity contribution is 5.96. The van der Waals surface area contributed by atoms with Crippen LogP contribution in [0.1, 0.15) is 16.8 Å². The number of carbonyl (C=O) groups is 2. The third-order valence-corrected chi connectivity index (χ3v) is 2.67. The van der Waals surface area contributed by atoms with Gasteiger partial charge in [-0.15, -0.1) is 0 Å². The monoisotopic (exact) mass is 266 g/mol. The van der Waals surface area contributed by atoms with Gasteiger partial charge in [-0.05, 0) is 24.3 Å². The van der Waals surface area contributed by atoms with Crippen molar-refractivity contribution in [1.82, 2.24) is 5.32 Å². The summed E-state index contributed by atoms with van der Waals surface area (Å²) in [6, 6.07) is 5.73. The second-order valence-electron chi connectivity index (χ2n) is 4.32. The molecule has 0 aliphatic rings. The van der Waals surface area contributed by atoms with Gasteiger partial charge in [0.2, 0.25) is 0 Å². The lowest BCUT2D eigenvalue weighted by atomic mass is 10.1. The minimum Gasteiger partial charge on any atom is -0.480 e. The van der Waals surface area contributed by atoms with E-state index in [2.05, 4.69) is 5.32 Å². The second kappa shape index (κ2) is 6.75. The summed E-state index contributed by atoms with van der Waals surface area (Å²) >= 11 is 0. The van der Waals surface area contributed by atoms with Crippen molar-refractivity contribution in [2.24, 2.45) is 0 Å². The predicted molar refractivity (Wildman–Crippen MR) is 71.4 cm³/mol. The van der Waals surface area contributed by atoms with Gasteiger partial charge in [0.15, 0.2) is 0 Å². The molecule has 0 spiro atoms. The van der Waals surface area contributed by atoms with Crippen molar-refractivity contribution in [3.63, 3.8) is 0 Å². The van der Waals surface area contributed by atoms with Crippen LogP contribution in [0.25, 0.3) is 0 Å². The van der Waals surface area contributed by atoms with E-state index in [0.29, 0.717) is 5.56 Å². The van der Waals surface area contributed by atoms with Crippen LogP contribution < -0.4 is 10.2 Å². The number of carbonyl (C=O) groups excluding carboxylic acids is 1. The number of nitrogens with zero attached hydrogens (tertiary/aromatic N) is 1. The molecule has 3 N–H and O–H groups in total. The normalized spacial score (nSPS) is 11.7. The van der Waals surface area contributed by atoms with E-state index >= 15 is 0 Å². The van der Waals surface area contributed by atoms with Crippen LogP contribution in [0.5, 0.6) is 0 Å². The highest BCUT2D eigenvalue weighted by atomic mass is 16.4. The first-order valence-corrected chi connectivity index (χ1v) is 5.87. The number of hydrogen-bond donors (Lipinski definition) is 3. The van der Waals surface area contributed by atoms with E-state index in [1.54, 1.807) is 24.3 Å². The zero-order valence-electron chi connectivity index (χ0n) is 11.0. The molecule has 0 aliphatic heterocycles. The average Bonchev–Trinajstić information content (AvgIpc) is 2.38. The SMILES string of the molecule is CN(C)c1ccc(C(=O)N[C@H](CCO)C(=O)O)cc1. The van der Waals surface area contributed by atoms with E-state index in [4.69, 9.17) is 10.2 Å². The Balaban J connectivity index is 2.74. The summed E-state index contributed by atoms with van der Waals surface area (Å²) in [7, 11) is 3.77. The minimum atomic E-state index is -1.16. The Morgan fingerprint density at radius 1 is 1.26 bits per heavy atom. The number of hydrogen-bond acceptors (Lipinski definition) is 4. The molecule has 0 saturated carbocycles. The van der Waals surface area contributed by atoms with Crippen molar-refractivity contribution in [1.29, 1.82) is 0 Å². The summed E-state index contributed by atoms with van der Waals surface area (Å²) in [6.07, 6.45) is -0.0170. The number of nitrogens with one attached hydrogen (secondary N) is 1. The molecule has 104 valence electrons. The molecule has 0 aliphatic carbocycles. The Hall–Kier alpha value is -2.08. The Bertz CT molecular complexity index is 442. The molecule has 6 heteroatoms. The third kappa shape index (κ3) is 4.26. The molecule has 1 rings (SSSR count). The Morgan fingerprint density at radius 2 is 1.84 bits per heavy atom. The van der Waals surface area contributed by atoms with E-state index < -0.39 is 17.9 Å². The fourth-order valence-corrected chi connectivity index (χ4v) is 1.54. The lowest BCUT2D eigenvalue weighted by Crippen LogP contribution is -2.41. The Labute approximate surface area is 111 Å². The number of aliphatic hydroxyl groups excluding tert-OH is 1. The molecule has 0 bridgehead atoms. The van der Waals surface area contributed by atoms with Crippen LogP contribution in [-0.4, -0.2) is 48.8 Å². The van der Waals surface area contributed by atoms with Gasteiger partial charge < -0.3 is 20.4 Å². The molecule has 0 aromatic heterocycles. The number of aliphatic carboxylic acids is 1. The molecule has 6 nitrogen and oxygen atoms in total. The fraction of sp³-hybridized carbons (Fsp3) is 0.385. The molecule has 0 radical (unpaired) electrons. The summed E-state index contributed by atoms with van der Waals surface area (Å²) in [4.78, 5) is 24.6. The maximum Gasteiger partial charge on any atom is 0.326 e. The van der Waals surface area contributed by atoms with Crippen LogP contribution in [0.15, 0.2) is 24.3 Å². The Kier molecular flexibility index (Phi) is 5.32. The number of benzene rings is 1. The molecule has 0 unspecified atom stereocenters. The van der Waals surface area contributed by atoms with Crippen LogP contribution in [-0.2, 0) is 4.79 Å².